The SMILES string of the molecule is COc1ccc(NC(=O)C(=O)Nc2ccc(Cl)c(C(F)(F)F)c2)cc1. The summed E-state index contributed by atoms with van der Waals surface area (Å²) in [5.41, 5.74) is -0.984. The van der Waals surface area contributed by atoms with Crippen molar-refractivity contribution in [1.82, 2.24) is 0 Å². The number of amides is 2. The van der Waals surface area contributed by atoms with Crippen LogP contribution in [0.5, 0.6) is 5.75 Å². The molecule has 9 heteroatoms. The van der Waals surface area contributed by atoms with Crippen LogP contribution in [0.2, 0.25) is 5.02 Å². The molecule has 0 saturated heterocycles. The third kappa shape index (κ3) is 4.87. The molecule has 0 heterocycles. The highest BCUT2D eigenvalue weighted by Gasteiger charge is 2.33. The van der Waals surface area contributed by atoms with Gasteiger partial charge in [0, 0.05) is 11.4 Å². The molecular formula is C16H12ClF3N2O3. The Morgan fingerprint density at radius 2 is 1.48 bits per heavy atom. The van der Waals surface area contributed by atoms with Gasteiger partial charge in [0.25, 0.3) is 0 Å². The molecular weight excluding hydrogens is 361 g/mol. The van der Waals surface area contributed by atoms with Crippen LogP contribution in [0.15, 0.2) is 42.5 Å². The number of nitrogens with one attached hydrogen (secondary N) is 2. The molecule has 0 aromatic heterocycles. The number of halogens is 4. The van der Waals surface area contributed by atoms with Gasteiger partial charge in [0.1, 0.15) is 5.75 Å². The molecule has 2 rings (SSSR count). The molecule has 0 atom stereocenters. The van der Waals surface area contributed by atoms with Crippen molar-refractivity contribution in [1.29, 1.82) is 0 Å². The number of ether oxygens (including phenoxy) is 1. The van der Waals surface area contributed by atoms with Crippen molar-refractivity contribution in [2.45, 2.75) is 6.18 Å². The summed E-state index contributed by atoms with van der Waals surface area (Å²) in [5, 5.41) is 3.90. The normalized spacial score (nSPS) is 10.9. The fraction of sp³-hybridized carbons (Fsp3) is 0.125. The Hall–Kier alpha value is -2.74. The van der Waals surface area contributed by atoms with E-state index in [2.05, 4.69) is 10.6 Å². The van der Waals surface area contributed by atoms with Gasteiger partial charge in [-0.25, -0.2) is 0 Å². The Bertz CT molecular complexity index is 792. The minimum Gasteiger partial charge on any atom is -0.497 e. The highest BCUT2D eigenvalue weighted by molar-refractivity contribution is 6.43. The van der Waals surface area contributed by atoms with Gasteiger partial charge in [0.05, 0.1) is 17.7 Å². The monoisotopic (exact) mass is 372 g/mol. The Morgan fingerprint density at radius 3 is 2.00 bits per heavy atom. The van der Waals surface area contributed by atoms with Crippen LogP contribution < -0.4 is 15.4 Å². The third-order valence-electron chi connectivity index (χ3n) is 3.08. The van der Waals surface area contributed by atoms with E-state index < -0.39 is 28.6 Å². The number of carbonyl (C=O) groups is 2. The van der Waals surface area contributed by atoms with Gasteiger partial charge in [0.15, 0.2) is 0 Å². The fourth-order valence-electron chi connectivity index (χ4n) is 1.87. The van der Waals surface area contributed by atoms with Crippen LogP contribution in [0.1, 0.15) is 5.56 Å². The molecule has 0 aliphatic heterocycles. The number of alkyl halides is 3. The number of hydrogen-bond donors (Lipinski definition) is 2. The zero-order valence-corrected chi connectivity index (χ0v) is 13.5. The molecule has 2 aromatic carbocycles. The molecule has 132 valence electrons. The zero-order chi connectivity index (χ0) is 18.6. The lowest BCUT2D eigenvalue weighted by Gasteiger charge is -2.12. The predicted molar refractivity (Wildman–Crippen MR) is 86.7 cm³/mol. The molecule has 0 radical (unpaired) electrons. The van der Waals surface area contributed by atoms with Crippen molar-refractivity contribution in [3.05, 3.63) is 53.1 Å². The molecule has 0 unspecified atom stereocenters. The van der Waals surface area contributed by atoms with E-state index in [4.69, 9.17) is 16.3 Å². The van der Waals surface area contributed by atoms with Gasteiger partial charge in [0.2, 0.25) is 0 Å². The lowest BCUT2D eigenvalue weighted by molar-refractivity contribution is -0.137. The summed E-state index contributed by atoms with van der Waals surface area (Å²) in [4.78, 5) is 23.6. The molecule has 0 aliphatic rings. The highest BCUT2D eigenvalue weighted by Crippen LogP contribution is 2.36. The maximum Gasteiger partial charge on any atom is 0.417 e. The first-order valence-electron chi connectivity index (χ1n) is 6.84. The summed E-state index contributed by atoms with van der Waals surface area (Å²) in [6, 6.07) is 8.96. The molecule has 0 bridgehead atoms. The second kappa shape index (κ2) is 7.43. The largest absolute Gasteiger partial charge is 0.497 e. The Morgan fingerprint density at radius 1 is 0.960 bits per heavy atom. The molecule has 0 saturated carbocycles. The van der Waals surface area contributed by atoms with Gasteiger partial charge in [-0.3, -0.25) is 9.59 Å². The zero-order valence-electron chi connectivity index (χ0n) is 12.8. The van der Waals surface area contributed by atoms with Crippen LogP contribution in [0, 0.1) is 0 Å². The first kappa shape index (κ1) is 18.6. The van der Waals surface area contributed by atoms with Gasteiger partial charge in [-0.15, -0.1) is 0 Å². The lowest BCUT2D eigenvalue weighted by Crippen LogP contribution is -2.29. The Balaban J connectivity index is 2.07. The van der Waals surface area contributed by atoms with Crippen LogP contribution in [-0.2, 0) is 15.8 Å². The second-order valence-corrected chi connectivity index (χ2v) is 5.24. The number of anilines is 2. The maximum atomic E-state index is 12.8. The topological polar surface area (TPSA) is 67.4 Å². The second-order valence-electron chi connectivity index (χ2n) is 4.83. The van der Waals surface area contributed by atoms with Crippen molar-refractivity contribution in [2.75, 3.05) is 17.7 Å². The van der Waals surface area contributed by atoms with E-state index in [0.717, 1.165) is 12.1 Å². The summed E-state index contributed by atoms with van der Waals surface area (Å²) >= 11 is 5.49. The Kier molecular flexibility index (Phi) is 5.53. The molecule has 2 N–H and O–H groups in total. The molecule has 25 heavy (non-hydrogen) atoms. The minimum atomic E-state index is -4.68. The van der Waals surface area contributed by atoms with Crippen molar-refractivity contribution in [3.8, 4) is 5.75 Å². The molecule has 0 aliphatic carbocycles. The van der Waals surface area contributed by atoms with Crippen LogP contribution >= 0.6 is 11.6 Å². The van der Waals surface area contributed by atoms with Crippen molar-refractivity contribution in [3.63, 3.8) is 0 Å². The average molecular weight is 373 g/mol. The molecule has 2 aromatic rings. The van der Waals surface area contributed by atoms with Crippen molar-refractivity contribution < 1.29 is 27.5 Å². The van der Waals surface area contributed by atoms with Crippen LogP contribution in [0.25, 0.3) is 0 Å². The fourth-order valence-corrected chi connectivity index (χ4v) is 2.10. The standard InChI is InChI=1S/C16H12ClF3N2O3/c1-25-11-5-2-9(3-6-11)21-14(23)15(24)22-10-4-7-13(17)12(8-10)16(18,19)20/h2-8H,1H3,(H,21,23)(H,22,24). The van der Waals surface area contributed by atoms with E-state index in [9.17, 15) is 22.8 Å². The van der Waals surface area contributed by atoms with Gasteiger partial charge in [-0.2, -0.15) is 13.2 Å². The molecule has 2 amide bonds. The van der Waals surface area contributed by atoms with Crippen LogP contribution in [-0.4, -0.2) is 18.9 Å². The summed E-state index contributed by atoms with van der Waals surface area (Å²) in [7, 11) is 1.47. The summed E-state index contributed by atoms with van der Waals surface area (Å²) in [5.74, 6) is -1.59. The van der Waals surface area contributed by atoms with Crippen molar-refractivity contribution in [2.24, 2.45) is 0 Å². The maximum absolute atomic E-state index is 12.8. The van der Waals surface area contributed by atoms with E-state index in [-0.39, 0.29) is 5.69 Å². The Labute approximate surface area is 145 Å². The summed E-state index contributed by atoms with van der Waals surface area (Å²) in [6.45, 7) is 0. The van der Waals surface area contributed by atoms with E-state index in [1.165, 1.54) is 19.2 Å². The highest BCUT2D eigenvalue weighted by atomic mass is 35.5. The summed E-state index contributed by atoms with van der Waals surface area (Å²) in [6.07, 6.45) is -4.68. The third-order valence-corrected chi connectivity index (χ3v) is 3.41. The van der Waals surface area contributed by atoms with Gasteiger partial charge >= 0.3 is 18.0 Å². The first-order valence-corrected chi connectivity index (χ1v) is 7.21. The smallest absolute Gasteiger partial charge is 0.417 e. The summed E-state index contributed by atoms with van der Waals surface area (Å²) < 4.78 is 43.3. The minimum absolute atomic E-state index is 0.202. The van der Waals surface area contributed by atoms with E-state index in [0.29, 0.717) is 17.5 Å². The molecule has 5 nitrogen and oxygen atoms in total. The van der Waals surface area contributed by atoms with Crippen LogP contribution in [0.3, 0.4) is 0 Å². The van der Waals surface area contributed by atoms with Crippen LogP contribution in [0.4, 0.5) is 24.5 Å². The van der Waals surface area contributed by atoms with Gasteiger partial charge in [-0.1, -0.05) is 11.6 Å². The van der Waals surface area contributed by atoms with E-state index in [1.54, 1.807) is 12.1 Å². The first-order chi connectivity index (χ1) is 11.7. The van der Waals surface area contributed by atoms with Gasteiger partial charge in [-0.05, 0) is 42.5 Å². The van der Waals surface area contributed by atoms with E-state index in [1.807, 2.05) is 0 Å². The van der Waals surface area contributed by atoms with Gasteiger partial charge < -0.3 is 15.4 Å². The number of methoxy groups -OCH3 is 1. The number of carbonyl (C=O) groups excluding carboxylic acids is 2. The van der Waals surface area contributed by atoms with E-state index >= 15 is 0 Å². The average Bonchev–Trinajstić information content (AvgIpc) is 2.56. The predicted octanol–water partition coefficient (Wildman–Crippen LogP) is 3.94. The number of benzene rings is 2. The molecule has 0 fully saturated rings. The number of hydrogen-bond acceptors (Lipinski definition) is 3. The number of rotatable bonds is 3. The quantitative estimate of drug-likeness (QED) is 0.802. The lowest BCUT2D eigenvalue weighted by atomic mass is 10.2. The van der Waals surface area contributed by atoms with Crippen molar-refractivity contribution >= 4 is 34.8 Å². The molecule has 0 spiro atoms.